The molecule has 2 unspecified atom stereocenters. The van der Waals surface area contributed by atoms with E-state index in [1.54, 1.807) is 0 Å². The highest BCUT2D eigenvalue weighted by Gasteiger charge is 2.25. The molecule has 0 spiro atoms. The van der Waals surface area contributed by atoms with E-state index in [-0.39, 0.29) is 28.7 Å². The summed E-state index contributed by atoms with van der Waals surface area (Å²) in [5, 5.41) is 3.40. The number of benzene rings is 1. The minimum atomic E-state index is -0.847. The van der Waals surface area contributed by atoms with E-state index in [4.69, 9.17) is 4.99 Å². The molecule has 1 saturated heterocycles. The zero-order valence-electron chi connectivity index (χ0n) is 16.9. The number of thioether (sulfide) groups is 1. The molecule has 7 heteroatoms. The van der Waals surface area contributed by atoms with Crippen molar-refractivity contribution in [1.82, 2.24) is 10.2 Å². The number of hydrogen-bond acceptors (Lipinski definition) is 3. The maximum absolute atomic E-state index is 12.2. The van der Waals surface area contributed by atoms with Gasteiger partial charge in [0.05, 0.1) is 6.54 Å². The molecule has 4 nitrogen and oxygen atoms in total. The molecule has 1 aliphatic rings. The second-order valence-electron chi connectivity index (χ2n) is 7.62. The normalized spacial score (nSPS) is 18.9. The molecule has 0 aromatic heterocycles. The van der Waals surface area contributed by atoms with Gasteiger partial charge in [0.2, 0.25) is 0 Å². The largest absolute Gasteiger partial charge is 0.357 e. The van der Waals surface area contributed by atoms with E-state index >= 15 is 0 Å². The fourth-order valence-electron chi connectivity index (χ4n) is 2.86. The van der Waals surface area contributed by atoms with Crippen molar-refractivity contribution < 1.29 is 4.21 Å². The van der Waals surface area contributed by atoms with Crippen LogP contribution in [0.15, 0.2) is 40.2 Å². The molecule has 0 amide bonds. The predicted octanol–water partition coefficient (Wildman–Crippen LogP) is 4.23. The van der Waals surface area contributed by atoms with Gasteiger partial charge in [-0.25, -0.2) is 0 Å². The van der Waals surface area contributed by atoms with Crippen LogP contribution in [0.2, 0.25) is 0 Å². The van der Waals surface area contributed by atoms with Gasteiger partial charge in [0, 0.05) is 51.6 Å². The van der Waals surface area contributed by atoms with Crippen LogP contribution in [-0.2, 0) is 10.8 Å². The predicted molar refractivity (Wildman–Crippen MR) is 131 cm³/mol. The molecular weight excluding hydrogens is 489 g/mol. The lowest BCUT2D eigenvalue weighted by atomic mass is 10.2. The summed E-state index contributed by atoms with van der Waals surface area (Å²) in [6.07, 6.45) is 1.21. The Morgan fingerprint density at radius 3 is 2.67 bits per heavy atom. The first-order valence-corrected chi connectivity index (χ1v) is 11.8. The van der Waals surface area contributed by atoms with Crippen LogP contribution in [0.25, 0.3) is 0 Å². The highest BCUT2D eigenvalue weighted by atomic mass is 127. The Morgan fingerprint density at radius 2 is 2.04 bits per heavy atom. The summed E-state index contributed by atoms with van der Waals surface area (Å²) in [6, 6.07) is 10.6. The molecule has 27 heavy (non-hydrogen) atoms. The third kappa shape index (κ3) is 8.73. The van der Waals surface area contributed by atoms with Gasteiger partial charge >= 0.3 is 0 Å². The molecule has 1 aromatic rings. The van der Waals surface area contributed by atoms with Crippen molar-refractivity contribution in [3.8, 4) is 0 Å². The molecule has 1 fully saturated rings. The number of hydrogen-bond donors (Lipinski definition) is 1. The van der Waals surface area contributed by atoms with Crippen molar-refractivity contribution in [2.75, 3.05) is 37.7 Å². The second kappa shape index (κ2) is 12.3. The number of nitrogens with one attached hydrogen (secondary N) is 1. The van der Waals surface area contributed by atoms with Crippen LogP contribution in [0, 0.1) is 5.92 Å². The fraction of sp³-hybridized carbons (Fsp3) is 0.650. The van der Waals surface area contributed by atoms with Gasteiger partial charge in [-0.1, -0.05) is 18.2 Å². The van der Waals surface area contributed by atoms with E-state index in [1.807, 2.05) is 32.5 Å². The zero-order valence-corrected chi connectivity index (χ0v) is 20.9. The first-order valence-electron chi connectivity index (χ1n) is 9.49. The minimum absolute atomic E-state index is 0. The fourth-order valence-corrected chi connectivity index (χ4v) is 4.78. The molecule has 154 valence electrons. The topological polar surface area (TPSA) is 44.7 Å². The first-order chi connectivity index (χ1) is 12.4. The third-order valence-electron chi connectivity index (χ3n) is 4.37. The van der Waals surface area contributed by atoms with Crippen LogP contribution in [0.1, 0.15) is 34.1 Å². The molecular formula is C20H34IN3OS2. The van der Waals surface area contributed by atoms with Crippen LogP contribution in [0.4, 0.5) is 0 Å². The van der Waals surface area contributed by atoms with Crippen LogP contribution >= 0.6 is 35.7 Å². The molecule has 2 atom stereocenters. The SMILES string of the molecule is CCNC(=NCCS(=O)C(C)(C)C)N1CCC(CSc2ccccc2)C1.I. The highest BCUT2D eigenvalue weighted by Crippen LogP contribution is 2.25. The first kappa shape index (κ1) is 24.8. The molecule has 0 bridgehead atoms. The smallest absolute Gasteiger partial charge is 0.193 e. The summed E-state index contributed by atoms with van der Waals surface area (Å²) in [5.41, 5.74) is 0. The third-order valence-corrected chi connectivity index (χ3v) is 7.53. The Morgan fingerprint density at radius 1 is 1.33 bits per heavy atom. The monoisotopic (exact) mass is 523 g/mol. The Labute approximate surface area is 188 Å². The molecule has 1 N–H and O–H groups in total. The molecule has 0 aliphatic carbocycles. The van der Waals surface area contributed by atoms with Crippen LogP contribution in [0.5, 0.6) is 0 Å². The Balaban J connectivity index is 0.00000364. The van der Waals surface area contributed by atoms with Crippen molar-refractivity contribution >= 4 is 52.5 Å². The molecule has 0 radical (unpaired) electrons. The van der Waals surface area contributed by atoms with E-state index in [2.05, 4.69) is 47.5 Å². The molecule has 1 heterocycles. The lowest BCUT2D eigenvalue weighted by molar-refractivity contribution is 0.475. The Hall–Kier alpha value is -0.280. The summed E-state index contributed by atoms with van der Waals surface area (Å²) >= 11 is 1.94. The van der Waals surface area contributed by atoms with Crippen LogP contribution < -0.4 is 5.32 Å². The summed E-state index contributed by atoms with van der Waals surface area (Å²) in [6.45, 7) is 11.7. The van der Waals surface area contributed by atoms with Gasteiger partial charge in [-0.2, -0.15) is 0 Å². The molecule has 2 rings (SSSR count). The quantitative estimate of drug-likeness (QED) is 0.252. The van der Waals surface area contributed by atoms with Gasteiger partial charge in [0.1, 0.15) is 0 Å². The molecule has 1 aliphatic heterocycles. The van der Waals surface area contributed by atoms with E-state index < -0.39 is 10.8 Å². The lowest BCUT2D eigenvalue weighted by Crippen LogP contribution is -2.40. The average Bonchev–Trinajstić information content (AvgIpc) is 3.08. The summed E-state index contributed by atoms with van der Waals surface area (Å²) < 4.78 is 12.0. The van der Waals surface area contributed by atoms with E-state index in [1.165, 1.54) is 11.3 Å². The number of nitrogens with zero attached hydrogens (tertiary/aromatic N) is 2. The number of guanidine groups is 1. The number of likely N-dealkylation sites (tertiary alicyclic amines) is 1. The van der Waals surface area contributed by atoms with Crippen molar-refractivity contribution in [2.24, 2.45) is 10.9 Å². The molecule has 1 aromatic carbocycles. The minimum Gasteiger partial charge on any atom is -0.357 e. The maximum atomic E-state index is 12.2. The van der Waals surface area contributed by atoms with Crippen molar-refractivity contribution in [3.05, 3.63) is 30.3 Å². The van der Waals surface area contributed by atoms with Gasteiger partial charge in [-0.05, 0) is 52.2 Å². The van der Waals surface area contributed by atoms with Crippen LogP contribution in [0.3, 0.4) is 0 Å². The van der Waals surface area contributed by atoms with E-state index in [0.717, 1.165) is 31.3 Å². The Bertz CT molecular complexity index is 605. The van der Waals surface area contributed by atoms with Crippen molar-refractivity contribution in [3.63, 3.8) is 0 Å². The highest BCUT2D eigenvalue weighted by molar-refractivity contribution is 14.0. The average molecular weight is 524 g/mol. The van der Waals surface area contributed by atoms with Gasteiger partial charge in [-0.15, -0.1) is 35.7 Å². The van der Waals surface area contributed by atoms with Crippen molar-refractivity contribution in [1.29, 1.82) is 0 Å². The standard InChI is InChI=1S/C20H33N3OS2.HI/c1-5-21-19(22-12-14-26(24)20(2,3)4)23-13-11-17(15-23)16-25-18-9-7-6-8-10-18;/h6-10,17H,5,11-16H2,1-4H3,(H,21,22);1H. The van der Waals surface area contributed by atoms with Crippen molar-refractivity contribution in [2.45, 2.75) is 43.8 Å². The van der Waals surface area contributed by atoms with E-state index in [0.29, 0.717) is 18.2 Å². The maximum Gasteiger partial charge on any atom is 0.193 e. The Kier molecular flexibility index (Phi) is 11.3. The number of aliphatic imine (C=N–C) groups is 1. The van der Waals surface area contributed by atoms with Crippen LogP contribution in [-0.4, -0.2) is 57.5 Å². The van der Waals surface area contributed by atoms with Gasteiger partial charge < -0.3 is 10.2 Å². The van der Waals surface area contributed by atoms with Gasteiger partial charge in [0.25, 0.3) is 0 Å². The summed E-state index contributed by atoms with van der Waals surface area (Å²) in [7, 11) is -0.847. The second-order valence-corrected chi connectivity index (χ2v) is 11.0. The summed E-state index contributed by atoms with van der Waals surface area (Å²) in [5.74, 6) is 3.44. The zero-order chi connectivity index (χ0) is 19.0. The summed E-state index contributed by atoms with van der Waals surface area (Å²) in [4.78, 5) is 8.44. The molecule has 0 saturated carbocycles. The van der Waals surface area contributed by atoms with E-state index in [9.17, 15) is 4.21 Å². The van der Waals surface area contributed by atoms with Gasteiger partial charge in [-0.3, -0.25) is 9.20 Å². The van der Waals surface area contributed by atoms with Gasteiger partial charge in [0.15, 0.2) is 5.96 Å². The number of halogens is 1. The lowest BCUT2D eigenvalue weighted by Gasteiger charge is -2.22. The number of rotatable bonds is 7.